The molecule has 1 aliphatic carbocycles. The summed E-state index contributed by atoms with van der Waals surface area (Å²) >= 11 is 0. The van der Waals surface area contributed by atoms with E-state index < -0.39 is 0 Å². The van der Waals surface area contributed by atoms with E-state index in [1.54, 1.807) is 0 Å². The minimum atomic E-state index is -0.241. The van der Waals surface area contributed by atoms with E-state index in [2.05, 4.69) is 52.0 Å². The average molecular weight is 389 g/mol. The molecule has 0 N–H and O–H groups in total. The lowest BCUT2D eigenvalue weighted by atomic mass is 9.70. The molecule has 158 valence electrons. The van der Waals surface area contributed by atoms with E-state index in [9.17, 15) is 0 Å². The van der Waals surface area contributed by atoms with Gasteiger partial charge in [0.1, 0.15) is 5.75 Å². The number of hydrogen-bond donors (Lipinski definition) is 0. The SMILES string of the molecule is CCC(C)c1ccc(OC(OCC2CCCO2)C(C)(C)C2CCCCC2)cc1. The molecule has 0 aromatic heterocycles. The fourth-order valence-electron chi connectivity index (χ4n) is 4.64. The highest BCUT2D eigenvalue weighted by atomic mass is 16.7. The minimum Gasteiger partial charge on any atom is -0.464 e. The third kappa shape index (κ3) is 5.51. The summed E-state index contributed by atoms with van der Waals surface area (Å²) in [6.45, 7) is 10.7. The van der Waals surface area contributed by atoms with Crippen LogP contribution in [-0.2, 0) is 9.47 Å². The summed E-state index contributed by atoms with van der Waals surface area (Å²) in [5, 5.41) is 0. The molecule has 1 saturated carbocycles. The molecule has 3 unspecified atom stereocenters. The van der Waals surface area contributed by atoms with Gasteiger partial charge in [0.15, 0.2) is 0 Å². The molecule has 28 heavy (non-hydrogen) atoms. The van der Waals surface area contributed by atoms with Crippen molar-refractivity contribution in [3.05, 3.63) is 29.8 Å². The predicted octanol–water partition coefficient (Wildman–Crippen LogP) is 6.71. The van der Waals surface area contributed by atoms with Crippen molar-refractivity contribution in [2.75, 3.05) is 13.2 Å². The van der Waals surface area contributed by atoms with Crippen LogP contribution in [0.2, 0.25) is 0 Å². The van der Waals surface area contributed by atoms with Gasteiger partial charge in [-0.3, -0.25) is 0 Å². The normalized spacial score (nSPS) is 23.5. The zero-order valence-electron chi connectivity index (χ0n) is 18.4. The Labute approximate surface area is 172 Å². The van der Waals surface area contributed by atoms with Gasteiger partial charge in [0.2, 0.25) is 6.29 Å². The maximum Gasteiger partial charge on any atom is 0.205 e. The van der Waals surface area contributed by atoms with Gasteiger partial charge >= 0.3 is 0 Å². The van der Waals surface area contributed by atoms with Crippen LogP contribution in [0, 0.1) is 11.3 Å². The van der Waals surface area contributed by atoms with Gasteiger partial charge in [-0.05, 0) is 61.6 Å². The quantitative estimate of drug-likeness (QED) is 0.440. The summed E-state index contributed by atoms with van der Waals surface area (Å²) in [6.07, 6.45) is 9.96. The Morgan fingerprint density at radius 2 is 1.75 bits per heavy atom. The van der Waals surface area contributed by atoms with E-state index in [4.69, 9.17) is 14.2 Å². The standard InChI is InChI=1S/C25H40O3/c1-5-19(2)20-13-15-22(16-14-20)28-24(27-18-23-12-9-17-26-23)25(3,4)21-10-7-6-8-11-21/h13-16,19,21,23-24H,5-12,17-18H2,1-4H3. The molecular weight excluding hydrogens is 348 g/mol. The van der Waals surface area contributed by atoms with Crippen molar-refractivity contribution in [2.24, 2.45) is 11.3 Å². The fourth-order valence-corrected chi connectivity index (χ4v) is 4.64. The largest absolute Gasteiger partial charge is 0.464 e. The summed E-state index contributed by atoms with van der Waals surface area (Å²) in [5.41, 5.74) is 1.35. The first kappa shape index (κ1) is 21.6. The van der Waals surface area contributed by atoms with Gasteiger partial charge in [0.25, 0.3) is 0 Å². The highest BCUT2D eigenvalue weighted by Gasteiger charge is 2.40. The Balaban J connectivity index is 1.70. The molecule has 3 nitrogen and oxygen atoms in total. The lowest BCUT2D eigenvalue weighted by molar-refractivity contribution is -0.181. The van der Waals surface area contributed by atoms with Gasteiger partial charge in [0.05, 0.1) is 12.7 Å². The molecule has 3 rings (SSSR count). The van der Waals surface area contributed by atoms with Gasteiger partial charge in [-0.2, -0.15) is 0 Å². The fraction of sp³-hybridized carbons (Fsp3) is 0.760. The van der Waals surface area contributed by atoms with E-state index in [-0.39, 0.29) is 17.8 Å². The molecule has 2 fully saturated rings. The lowest BCUT2D eigenvalue weighted by Crippen LogP contribution is -2.44. The van der Waals surface area contributed by atoms with Gasteiger partial charge in [-0.1, -0.05) is 59.1 Å². The molecule has 3 heteroatoms. The van der Waals surface area contributed by atoms with Crippen LogP contribution in [0.15, 0.2) is 24.3 Å². The minimum absolute atomic E-state index is 0.0194. The van der Waals surface area contributed by atoms with Crippen molar-refractivity contribution in [2.45, 2.75) is 97.4 Å². The Morgan fingerprint density at radius 1 is 1.04 bits per heavy atom. The second kappa shape index (κ2) is 10.1. The number of benzene rings is 1. The molecule has 1 saturated heterocycles. The first-order valence-electron chi connectivity index (χ1n) is 11.5. The molecule has 2 aliphatic rings. The van der Waals surface area contributed by atoms with Crippen molar-refractivity contribution in [1.29, 1.82) is 0 Å². The second-order valence-electron chi connectivity index (χ2n) is 9.45. The molecule has 3 atom stereocenters. The first-order valence-corrected chi connectivity index (χ1v) is 11.5. The average Bonchev–Trinajstić information content (AvgIpc) is 3.25. The van der Waals surface area contributed by atoms with Gasteiger partial charge in [-0.15, -0.1) is 0 Å². The highest BCUT2D eigenvalue weighted by molar-refractivity contribution is 5.29. The number of ether oxygens (including phenoxy) is 3. The van der Waals surface area contributed by atoms with Crippen LogP contribution in [0.4, 0.5) is 0 Å². The van der Waals surface area contributed by atoms with E-state index in [0.717, 1.165) is 31.6 Å². The van der Waals surface area contributed by atoms with Crippen LogP contribution < -0.4 is 4.74 Å². The summed E-state index contributed by atoms with van der Waals surface area (Å²) in [7, 11) is 0. The summed E-state index contributed by atoms with van der Waals surface area (Å²) < 4.78 is 18.7. The summed E-state index contributed by atoms with van der Waals surface area (Å²) in [4.78, 5) is 0. The predicted molar refractivity (Wildman–Crippen MR) is 115 cm³/mol. The number of rotatable bonds is 9. The lowest BCUT2D eigenvalue weighted by Gasteiger charge is -2.42. The van der Waals surface area contributed by atoms with E-state index in [1.807, 2.05) is 0 Å². The number of hydrogen-bond acceptors (Lipinski definition) is 3. The molecule has 0 radical (unpaired) electrons. The second-order valence-corrected chi connectivity index (χ2v) is 9.45. The van der Waals surface area contributed by atoms with Crippen LogP contribution >= 0.6 is 0 Å². The zero-order valence-corrected chi connectivity index (χ0v) is 18.4. The maximum absolute atomic E-state index is 6.48. The van der Waals surface area contributed by atoms with Gasteiger partial charge < -0.3 is 14.2 Å². The first-order chi connectivity index (χ1) is 13.5. The monoisotopic (exact) mass is 388 g/mol. The molecular formula is C25H40O3. The maximum atomic E-state index is 6.48. The van der Waals surface area contributed by atoms with Crippen molar-refractivity contribution in [3.8, 4) is 5.75 Å². The van der Waals surface area contributed by atoms with Crippen LogP contribution in [0.5, 0.6) is 5.75 Å². The zero-order chi connectivity index (χ0) is 20.0. The third-order valence-electron chi connectivity index (χ3n) is 7.03. The highest BCUT2D eigenvalue weighted by Crippen LogP contribution is 2.42. The van der Waals surface area contributed by atoms with Crippen LogP contribution in [-0.4, -0.2) is 25.6 Å². The molecule has 0 bridgehead atoms. The molecule has 1 aliphatic heterocycles. The summed E-state index contributed by atoms with van der Waals surface area (Å²) in [5.74, 6) is 2.14. The third-order valence-corrected chi connectivity index (χ3v) is 7.03. The molecule has 1 heterocycles. The van der Waals surface area contributed by atoms with Crippen LogP contribution in [0.25, 0.3) is 0 Å². The Morgan fingerprint density at radius 3 is 2.36 bits per heavy atom. The van der Waals surface area contributed by atoms with E-state index >= 15 is 0 Å². The van der Waals surface area contributed by atoms with Crippen molar-refractivity contribution >= 4 is 0 Å². The van der Waals surface area contributed by atoms with Gasteiger partial charge in [-0.25, -0.2) is 0 Å². The van der Waals surface area contributed by atoms with E-state index in [0.29, 0.717) is 18.4 Å². The van der Waals surface area contributed by atoms with Crippen LogP contribution in [0.1, 0.15) is 90.5 Å². The van der Waals surface area contributed by atoms with Crippen LogP contribution in [0.3, 0.4) is 0 Å². The molecule has 0 amide bonds. The van der Waals surface area contributed by atoms with Crippen molar-refractivity contribution < 1.29 is 14.2 Å². The smallest absolute Gasteiger partial charge is 0.205 e. The molecule has 0 spiro atoms. The molecule has 1 aromatic carbocycles. The van der Waals surface area contributed by atoms with Crippen molar-refractivity contribution in [1.82, 2.24) is 0 Å². The Hall–Kier alpha value is -1.06. The Kier molecular flexibility index (Phi) is 7.82. The van der Waals surface area contributed by atoms with Gasteiger partial charge in [0, 0.05) is 12.0 Å². The van der Waals surface area contributed by atoms with Crippen molar-refractivity contribution in [3.63, 3.8) is 0 Å². The van der Waals surface area contributed by atoms with E-state index in [1.165, 1.54) is 37.7 Å². The summed E-state index contributed by atoms with van der Waals surface area (Å²) in [6, 6.07) is 8.63. The Bertz CT molecular complexity index is 568. The topological polar surface area (TPSA) is 27.7 Å². The molecule has 1 aromatic rings.